The Morgan fingerprint density at radius 3 is 2.43 bits per heavy atom. The number of hydrogen-bond acceptors (Lipinski definition) is 4. The van der Waals surface area contributed by atoms with Crippen molar-refractivity contribution in [3.8, 4) is 5.69 Å². The summed E-state index contributed by atoms with van der Waals surface area (Å²) in [4.78, 5) is 26.9. The molecule has 30 heavy (non-hydrogen) atoms. The van der Waals surface area contributed by atoms with Crippen LogP contribution in [0.4, 0.5) is 24.5 Å². The molecule has 2 aromatic carbocycles. The molecule has 0 saturated heterocycles. The maximum atomic E-state index is 13.3. The molecule has 0 saturated carbocycles. The van der Waals surface area contributed by atoms with E-state index in [4.69, 9.17) is 0 Å². The second kappa shape index (κ2) is 8.54. The van der Waals surface area contributed by atoms with Crippen molar-refractivity contribution in [3.05, 3.63) is 81.4 Å². The van der Waals surface area contributed by atoms with Gasteiger partial charge in [-0.3, -0.25) is 14.9 Å². The lowest BCUT2D eigenvalue weighted by Crippen LogP contribution is -2.14. The highest BCUT2D eigenvalue weighted by molar-refractivity contribution is 6.04. The second-order valence-corrected chi connectivity index (χ2v) is 6.40. The van der Waals surface area contributed by atoms with Crippen LogP contribution < -0.4 is 5.32 Å². The molecule has 3 rings (SSSR count). The van der Waals surface area contributed by atoms with Crippen LogP contribution in [0, 0.1) is 24.0 Å². The van der Waals surface area contributed by atoms with E-state index in [1.54, 1.807) is 13.1 Å². The van der Waals surface area contributed by atoms with Gasteiger partial charge < -0.3 is 9.88 Å². The highest BCUT2D eigenvalue weighted by atomic mass is 35.5. The van der Waals surface area contributed by atoms with Crippen LogP contribution in [-0.4, -0.2) is 20.4 Å². The lowest BCUT2D eigenvalue weighted by Gasteiger charge is -2.14. The number of rotatable bonds is 4. The van der Waals surface area contributed by atoms with Crippen molar-refractivity contribution in [2.24, 2.45) is 0 Å². The van der Waals surface area contributed by atoms with Gasteiger partial charge >= 0.3 is 6.18 Å². The van der Waals surface area contributed by atoms with Gasteiger partial charge in [0.1, 0.15) is 0 Å². The van der Waals surface area contributed by atoms with Gasteiger partial charge in [0, 0.05) is 34.8 Å². The quantitative estimate of drug-likeness (QED) is 0.452. The number of nitro groups is 1. The Bertz CT molecular complexity index is 1110. The van der Waals surface area contributed by atoms with Gasteiger partial charge in [0.15, 0.2) is 0 Å². The van der Waals surface area contributed by atoms with Crippen molar-refractivity contribution in [3.63, 3.8) is 0 Å². The van der Waals surface area contributed by atoms with E-state index in [2.05, 4.69) is 10.3 Å². The zero-order valence-corrected chi connectivity index (χ0v) is 16.5. The average molecular weight is 441 g/mol. The molecule has 11 heteroatoms. The molecule has 1 amide bonds. The Balaban J connectivity index is 0.00000320. The molecule has 0 unspecified atom stereocenters. The maximum absolute atomic E-state index is 13.3. The lowest BCUT2D eigenvalue weighted by molar-refractivity contribution is -0.385. The van der Waals surface area contributed by atoms with Crippen molar-refractivity contribution in [1.29, 1.82) is 0 Å². The van der Waals surface area contributed by atoms with Crippen LogP contribution >= 0.6 is 12.4 Å². The number of imidazole rings is 1. The lowest BCUT2D eigenvalue weighted by atomic mass is 10.1. The number of amides is 1. The number of aromatic nitrogens is 2. The van der Waals surface area contributed by atoms with Crippen molar-refractivity contribution in [1.82, 2.24) is 9.55 Å². The van der Waals surface area contributed by atoms with Crippen LogP contribution in [0.15, 0.2) is 48.9 Å². The third-order valence-electron chi connectivity index (χ3n) is 4.18. The Kier molecular flexibility index (Phi) is 6.51. The summed E-state index contributed by atoms with van der Waals surface area (Å²) in [6.07, 6.45) is -1.72. The van der Waals surface area contributed by atoms with Crippen molar-refractivity contribution >= 4 is 29.7 Å². The molecule has 1 aromatic heterocycles. The predicted molar refractivity (Wildman–Crippen MR) is 106 cm³/mol. The topological polar surface area (TPSA) is 90.1 Å². The molecule has 0 fully saturated rings. The summed E-state index contributed by atoms with van der Waals surface area (Å²) >= 11 is 0. The minimum absolute atomic E-state index is 0. The maximum Gasteiger partial charge on any atom is 0.416 e. The zero-order chi connectivity index (χ0) is 21.3. The van der Waals surface area contributed by atoms with E-state index in [0.717, 1.165) is 18.2 Å². The Morgan fingerprint density at radius 2 is 1.87 bits per heavy atom. The summed E-state index contributed by atoms with van der Waals surface area (Å²) in [6.45, 7) is 3.21. The van der Waals surface area contributed by atoms with Crippen LogP contribution in [0.1, 0.15) is 27.2 Å². The van der Waals surface area contributed by atoms with Crippen LogP contribution in [0.2, 0.25) is 0 Å². The number of nitrogens with one attached hydrogen (secondary N) is 1. The van der Waals surface area contributed by atoms with E-state index >= 15 is 0 Å². The van der Waals surface area contributed by atoms with Gasteiger partial charge in [0.2, 0.25) is 0 Å². The number of benzene rings is 2. The van der Waals surface area contributed by atoms with Crippen LogP contribution in [0.25, 0.3) is 5.69 Å². The Morgan fingerprint density at radius 1 is 1.17 bits per heavy atom. The number of nitro benzene ring substituents is 1. The van der Waals surface area contributed by atoms with Crippen molar-refractivity contribution < 1.29 is 22.9 Å². The summed E-state index contributed by atoms with van der Waals surface area (Å²) in [5, 5.41) is 13.4. The SMILES string of the molecule is Cc1cn(-c2cc(NC(=O)c3ccc(C)c([N+](=O)[O-])c3)cc(C(F)(F)F)c2)cn1.Cl. The first-order chi connectivity index (χ1) is 13.5. The second-order valence-electron chi connectivity index (χ2n) is 6.40. The molecule has 0 atom stereocenters. The van der Waals surface area contributed by atoms with E-state index in [1.807, 2.05) is 0 Å². The first-order valence-corrected chi connectivity index (χ1v) is 8.34. The smallest absolute Gasteiger partial charge is 0.322 e. The van der Waals surface area contributed by atoms with Gasteiger partial charge in [-0.1, -0.05) is 6.07 Å². The van der Waals surface area contributed by atoms with Gasteiger partial charge in [-0.05, 0) is 38.1 Å². The molecule has 0 aliphatic rings. The highest BCUT2D eigenvalue weighted by Gasteiger charge is 2.31. The molecular formula is C19H16ClF3N4O3. The standard InChI is InChI=1S/C19H15F3N4O3.ClH/c1-11-3-4-13(5-17(11)26(28)29)18(27)24-15-6-14(19(20,21)22)7-16(8-15)25-9-12(2)23-10-25;/h3-10H,1-2H3,(H,24,27);1H. The van der Waals surface area contributed by atoms with Gasteiger partial charge in [0.25, 0.3) is 11.6 Å². The van der Waals surface area contributed by atoms with Gasteiger partial charge in [0.05, 0.1) is 22.5 Å². The van der Waals surface area contributed by atoms with E-state index in [1.165, 1.54) is 36.0 Å². The van der Waals surface area contributed by atoms with Crippen LogP contribution in [0.3, 0.4) is 0 Å². The third-order valence-corrected chi connectivity index (χ3v) is 4.18. The third kappa shape index (κ3) is 4.95. The fourth-order valence-corrected chi connectivity index (χ4v) is 2.71. The summed E-state index contributed by atoms with van der Waals surface area (Å²) in [6, 6.07) is 6.95. The molecule has 1 heterocycles. The molecule has 7 nitrogen and oxygen atoms in total. The van der Waals surface area contributed by atoms with Crippen molar-refractivity contribution in [2.75, 3.05) is 5.32 Å². The molecule has 0 aliphatic carbocycles. The molecule has 0 bridgehead atoms. The summed E-state index contributed by atoms with van der Waals surface area (Å²) in [7, 11) is 0. The highest BCUT2D eigenvalue weighted by Crippen LogP contribution is 2.33. The van der Waals surface area contributed by atoms with E-state index in [9.17, 15) is 28.1 Å². The van der Waals surface area contributed by atoms with Gasteiger partial charge in [-0.25, -0.2) is 4.98 Å². The van der Waals surface area contributed by atoms with E-state index < -0.39 is 22.6 Å². The minimum atomic E-state index is -4.63. The monoisotopic (exact) mass is 440 g/mol. The molecular weight excluding hydrogens is 425 g/mol. The fourth-order valence-electron chi connectivity index (χ4n) is 2.71. The molecule has 3 aromatic rings. The summed E-state index contributed by atoms with van der Waals surface area (Å²) in [5.41, 5.74) is -0.217. The number of nitrogens with zero attached hydrogens (tertiary/aromatic N) is 3. The molecule has 0 radical (unpaired) electrons. The number of halogens is 4. The summed E-state index contributed by atoms with van der Waals surface area (Å²) in [5.74, 6) is -0.764. The van der Waals surface area contributed by atoms with E-state index in [-0.39, 0.29) is 35.0 Å². The number of carbonyl (C=O) groups excluding carboxylic acids is 1. The minimum Gasteiger partial charge on any atom is -0.322 e. The number of aryl methyl sites for hydroxylation is 2. The van der Waals surface area contributed by atoms with E-state index in [0.29, 0.717) is 11.3 Å². The Hall–Kier alpha value is -3.40. The largest absolute Gasteiger partial charge is 0.416 e. The van der Waals surface area contributed by atoms with Crippen molar-refractivity contribution in [2.45, 2.75) is 20.0 Å². The van der Waals surface area contributed by atoms with Gasteiger partial charge in [-0.15, -0.1) is 12.4 Å². The number of carbonyl (C=O) groups is 1. The first-order valence-electron chi connectivity index (χ1n) is 8.34. The molecule has 0 spiro atoms. The van der Waals surface area contributed by atoms with Crippen LogP contribution in [0.5, 0.6) is 0 Å². The fraction of sp³-hybridized carbons (Fsp3) is 0.158. The first kappa shape index (κ1) is 22.9. The molecule has 1 N–H and O–H groups in total. The molecule has 0 aliphatic heterocycles. The number of alkyl halides is 3. The average Bonchev–Trinajstić information content (AvgIpc) is 3.07. The Labute approximate surface area is 175 Å². The normalized spacial score (nSPS) is 11.0. The molecule has 158 valence electrons. The predicted octanol–water partition coefficient (Wildman–Crippen LogP) is 5.09. The number of hydrogen-bond donors (Lipinski definition) is 1. The van der Waals surface area contributed by atoms with Gasteiger partial charge in [-0.2, -0.15) is 13.2 Å². The summed E-state index contributed by atoms with van der Waals surface area (Å²) < 4.78 is 41.3. The van der Waals surface area contributed by atoms with Crippen LogP contribution in [-0.2, 0) is 6.18 Å². The number of anilines is 1. The zero-order valence-electron chi connectivity index (χ0n) is 15.7.